The van der Waals surface area contributed by atoms with Crippen molar-refractivity contribution in [2.45, 2.75) is 12.8 Å². The summed E-state index contributed by atoms with van der Waals surface area (Å²) < 4.78 is 17.0. The van der Waals surface area contributed by atoms with E-state index in [4.69, 9.17) is 5.11 Å². The fourth-order valence-electron chi connectivity index (χ4n) is 1.35. The summed E-state index contributed by atoms with van der Waals surface area (Å²) >= 11 is 0. The molecule has 110 valence electrons. The number of phenolic OH excluding ortho intramolecular Hbond substituents is 1. The molecule has 6 nitrogen and oxygen atoms in total. The number of nitrogens with zero attached hydrogens (tertiary/aromatic N) is 1. The lowest BCUT2D eigenvalue weighted by molar-refractivity contribution is -0.138. The lowest BCUT2D eigenvalue weighted by Gasteiger charge is -2.16. The molecule has 0 atom stereocenters. The summed E-state index contributed by atoms with van der Waals surface area (Å²) in [6.45, 7) is 0. The Bertz CT molecular complexity index is 502. The number of phenols is 1. The molecule has 0 spiro atoms. The Morgan fingerprint density at radius 2 is 2.00 bits per heavy atom. The zero-order chi connectivity index (χ0) is 15.3. The Labute approximate surface area is 115 Å². The molecule has 0 aromatic heterocycles. The normalized spacial score (nSPS) is 12.9. The number of rotatable bonds is 2. The van der Waals surface area contributed by atoms with Crippen LogP contribution < -0.4 is 4.90 Å². The predicted octanol–water partition coefficient (Wildman–Crippen LogP) is 2.21. The number of carboxylic acid groups (broad SMARTS) is 1. The second-order valence-electron chi connectivity index (χ2n) is 4.27. The van der Waals surface area contributed by atoms with Gasteiger partial charge in [0.05, 0.1) is 18.7 Å². The molecule has 0 saturated heterocycles. The van der Waals surface area contributed by atoms with Gasteiger partial charge in [0.2, 0.25) is 0 Å². The van der Waals surface area contributed by atoms with Gasteiger partial charge in [0.15, 0.2) is 0 Å². The van der Waals surface area contributed by atoms with Crippen LogP contribution in [-0.2, 0) is 9.53 Å². The number of carbonyl (C=O) groups is 2. The number of hydrogen-bond donors (Lipinski definition) is 2. The zero-order valence-electron chi connectivity index (χ0n) is 11.2. The number of methoxy groups -OCH3 is 1. The minimum atomic E-state index is -0.632. The van der Waals surface area contributed by atoms with Crippen molar-refractivity contribution in [3.63, 3.8) is 0 Å². The molecule has 1 aliphatic carbocycles. The van der Waals surface area contributed by atoms with Crippen molar-refractivity contribution in [3.05, 3.63) is 24.0 Å². The Morgan fingerprint density at radius 3 is 2.35 bits per heavy atom. The van der Waals surface area contributed by atoms with Gasteiger partial charge in [0.25, 0.3) is 0 Å². The Morgan fingerprint density at radius 1 is 1.40 bits per heavy atom. The van der Waals surface area contributed by atoms with Crippen LogP contribution in [0.1, 0.15) is 12.8 Å². The van der Waals surface area contributed by atoms with Gasteiger partial charge in [-0.1, -0.05) is 0 Å². The van der Waals surface area contributed by atoms with Crippen LogP contribution in [0.5, 0.6) is 5.75 Å². The van der Waals surface area contributed by atoms with Crippen molar-refractivity contribution in [2.75, 3.05) is 19.1 Å². The molecular formula is C13H16FNO5. The summed E-state index contributed by atoms with van der Waals surface area (Å²) in [5, 5.41) is 17.4. The minimum absolute atomic E-state index is 0.0185. The molecule has 0 aliphatic heterocycles. The number of aliphatic carboxylic acids is 1. The van der Waals surface area contributed by atoms with E-state index < -0.39 is 17.9 Å². The molecule has 20 heavy (non-hydrogen) atoms. The highest BCUT2D eigenvalue weighted by molar-refractivity contribution is 5.88. The summed E-state index contributed by atoms with van der Waals surface area (Å²) in [6, 6.07) is 3.37. The maximum atomic E-state index is 12.6. The highest BCUT2D eigenvalue weighted by atomic mass is 19.1. The monoisotopic (exact) mass is 285 g/mol. The third-order valence-electron chi connectivity index (χ3n) is 2.67. The maximum Gasteiger partial charge on any atom is 0.413 e. The largest absolute Gasteiger partial charge is 0.506 e. The van der Waals surface area contributed by atoms with Gasteiger partial charge in [-0.3, -0.25) is 9.69 Å². The summed E-state index contributed by atoms with van der Waals surface area (Å²) in [4.78, 5) is 21.9. The number of benzene rings is 1. The summed E-state index contributed by atoms with van der Waals surface area (Å²) in [5.74, 6) is -1.48. The van der Waals surface area contributed by atoms with Crippen LogP contribution in [0.25, 0.3) is 0 Å². The van der Waals surface area contributed by atoms with Crippen molar-refractivity contribution < 1.29 is 28.9 Å². The number of anilines is 1. The van der Waals surface area contributed by atoms with Gasteiger partial charge in [0, 0.05) is 13.1 Å². The zero-order valence-corrected chi connectivity index (χ0v) is 11.2. The first-order chi connectivity index (χ1) is 9.36. The lowest BCUT2D eigenvalue weighted by atomic mass is 10.2. The van der Waals surface area contributed by atoms with Crippen LogP contribution in [0.3, 0.4) is 0 Å². The van der Waals surface area contributed by atoms with E-state index in [0.29, 0.717) is 0 Å². The number of carbonyl (C=O) groups excluding carboxylic acids is 1. The second kappa shape index (κ2) is 6.74. The van der Waals surface area contributed by atoms with Crippen molar-refractivity contribution in [1.29, 1.82) is 0 Å². The average Bonchev–Trinajstić information content (AvgIpc) is 3.22. The standard InChI is InChI=1S/C9H10FNO3.C4H6O2/c1-11(9(13)14-2)7-4-3-6(10)5-8(7)12;5-4(6)3-1-2-3/h3-5,12H,1-2H3;3H,1-2H2,(H,5,6). The first-order valence-electron chi connectivity index (χ1n) is 5.89. The first-order valence-corrected chi connectivity index (χ1v) is 5.89. The van der Waals surface area contributed by atoms with Crippen LogP contribution in [0, 0.1) is 11.7 Å². The summed E-state index contributed by atoms with van der Waals surface area (Å²) in [6.07, 6.45) is 1.16. The van der Waals surface area contributed by atoms with Gasteiger partial charge >= 0.3 is 12.1 Å². The third kappa shape index (κ3) is 4.42. The van der Waals surface area contributed by atoms with Gasteiger partial charge < -0.3 is 14.9 Å². The molecule has 0 unspecified atom stereocenters. The maximum absolute atomic E-state index is 12.6. The van der Waals surface area contributed by atoms with E-state index in [1.165, 1.54) is 20.2 Å². The van der Waals surface area contributed by atoms with Gasteiger partial charge in [-0.15, -0.1) is 0 Å². The Balaban J connectivity index is 0.000000276. The molecule has 1 aliphatic rings. The molecule has 1 aromatic carbocycles. The molecule has 1 amide bonds. The number of aromatic hydroxyl groups is 1. The van der Waals surface area contributed by atoms with Gasteiger partial charge in [-0.25, -0.2) is 9.18 Å². The quantitative estimate of drug-likeness (QED) is 0.870. The van der Waals surface area contributed by atoms with Crippen LogP contribution >= 0.6 is 0 Å². The lowest BCUT2D eigenvalue weighted by Crippen LogP contribution is -2.25. The smallest absolute Gasteiger partial charge is 0.413 e. The van der Waals surface area contributed by atoms with Crippen LogP contribution in [0.4, 0.5) is 14.9 Å². The second-order valence-corrected chi connectivity index (χ2v) is 4.27. The highest BCUT2D eigenvalue weighted by Crippen LogP contribution is 2.28. The molecule has 1 aromatic rings. The molecule has 1 saturated carbocycles. The van der Waals surface area contributed by atoms with Gasteiger partial charge in [-0.05, 0) is 25.0 Å². The molecule has 7 heteroatoms. The van der Waals surface area contributed by atoms with Gasteiger partial charge in [0.1, 0.15) is 11.6 Å². The SMILES string of the molecule is COC(=O)N(C)c1ccc(F)cc1O.O=C(O)C1CC1. The fraction of sp³-hybridized carbons (Fsp3) is 0.385. The molecule has 0 bridgehead atoms. The van der Waals surface area contributed by atoms with E-state index in [2.05, 4.69) is 4.74 Å². The molecule has 2 N–H and O–H groups in total. The molecular weight excluding hydrogens is 269 g/mol. The van der Waals surface area contributed by atoms with Crippen molar-refractivity contribution >= 4 is 17.7 Å². The molecule has 1 fully saturated rings. The van der Waals surface area contributed by atoms with Crippen molar-refractivity contribution in [3.8, 4) is 5.75 Å². The van der Waals surface area contributed by atoms with Crippen LogP contribution in [0.15, 0.2) is 18.2 Å². The van der Waals surface area contributed by atoms with Crippen molar-refractivity contribution in [2.24, 2.45) is 5.92 Å². The van der Waals surface area contributed by atoms with Crippen molar-refractivity contribution in [1.82, 2.24) is 0 Å². The number of hydrogen-bond acceptors (Lipinski definition) is 4. The number of amides is 1. The van der Waals surface area contributed by atoms with E-state index in [-0.39, 0.29) is 17.4 Å². The van der Waals surface area contributed by atoms with E-state index in [9.17, 15) is 19.1 Å². The number of carboxylic acids is 1. The summed E-state index contributed by atoms with van der Waals surface area (Å²) in [7, 11) is 2.64. The number of ether oxygens (including phenoxy) is 1. The molecule has 0 radical (unpaired) electrons. The predicted molar refractivity (Wildman–Crippen MR) is 69.2 cm³/mol. The third-order valence-corrected chi connectivity index (χ3v) is 2.67. The Hall–Kier alpha value is -2.31. The van der Waals surface area contributed by atoms with Crippen LogP contribution in [0.2, 0.25) is 0 Å². The fourth-order valence-corrected chi connectivity index (χ4v) is 1.35. The van der Waals surface area contributed by atoms with E-state index in [1.54, 1.807) is 0 Å². The topological polar surface area (TPSA) is 87.1 Å². The van der Waals surface area contributed by atoms with Gasteiger partial charge in [-0.2, -0.15) is 0 Å². The highest BCUT2D eigenvalue weighted by Gasteiger charge is 2.28. The molecule has 2 rings (SSSR count). The number of halogens is 1. The van der Waals surface area contributed by atoms with Crippen LogP contribution in [-0.4, -0.2) is 36.4 Å². The van der Waals surface area contributed by atoms with E-state index in [0.717, 1.165) is 29.9 Å². The first kappa shape index (κ1) is 15.7. The molecule has 0 heterocycles. The Kier molecular flexibility index (Phi) is 5.31. The minimum Gasteiger partial charge on any atom is -0.506 e. The van der Waals surface area contributed by atoms with E-state index in [1.807, 2.05) is 0 Å². The average molecular weight is 285 g/mol. The summed E-state index contributed by atoms with van der Waals surface area (Å²) in [5.41, 5.74) is 0.193. The van der Waals surface area contributed by atoms with E-state index >= 15 is 0 Å².